The minimum absolute atomic E-state index is 0.304. The number of hydrogen-bond donors (Lipinski definition) is 1. The lowest BCUT2D eigenvalue weighted by molar-refractivity contribution is 0.178. The van der Waals surface area contributed by atoms with E-state index in [0.717, 1.165) is 20.8 Å². The molecule has 0 aliphatic heterocycles. The van der Waals surface area contributed by atoms with Gasteiger partial charge < -0.3 is 5.11 Å². The highest BCUT2D eigenvalue weighted by Crippen LogP contribution is 2.26. The van der Waals surface area contributed by atoms with Gasteiger partial charge in [0.15, 0.2) is 0 Å². The number of nitrogens with zero attached hydrogens (tertiary/aromatic N) is 3. The molecule has 104 valence electrons. The van der Waals surface area contributed by atoms with Crippen LogP contribution >= 0.6 is 11.3 Å². The third-order valence-corrected chi connectivity index (χ3v) is 4.30. The van der Waals surface area contributed by atoms with Crippen LogP contribution in [0.25, 0.3) is 10.2 Å². The molecule has 0 spiro atoms. The molecule has 0 saturated heterocycles. The first-order valence-corrected chi connectivity index (χ1v) is 7.51. The van der Waals surface area contributed by atoms with Crippen LogP contribution in [0.5, 0.6) is 0 Å². The van der Waals surface area contributed by atoms with Gasteiger partial charge in [-0.15, -0.1) is 11.3 Å². The van der Waals surface area contributed by atoms with Gasteiger partial charge in [0, 0.05) is 24.2 Å². The van der Waals surface area contributed by atoms with Crippen LogP contribution in [-0.2, 0) is 6.42 Å². The Balaban J connectivity index is 1.78. The first-order valence-electron chi connectivity index (χ1n) is 6.70. The Morgan fingerprint density at radius 3 is 2.80 bits per heavy atom. The SMILES string of the molecule is CC(C)n1cc(C(O)Cc2nc3ccccc3s2)cn1. The Morgan fingerprint density at radius 1 is 1.30 bits per heavy atom. The summed E-state index contributed by atoms with van der Waals surface area (Å²) >= 11 is 1.64. The van der Waals surface area contributed by atoms with Crippen LogP contribution in [0.4, 0.5) is 0 Å². The number of para-hydroxylation sites is 1. The normalized spacial score (nSPS) is 13.2. The molecule has 1 N–H and O–H groups in total. The molecule has 0 aliphatic carbocycles. The van der Waals surface area contributed by atoms with E-state index in [9.17, 15) is 5.11 Å². The van der Waals surface area contributed by atoms with Crippen molar-refractivity contribution in [3.05, 3.63) is 47.2 Å². The van der Waals surface area contributed by atoms with Gasteiger partial charge in [0.25, 0.3) is 0 Å². The zero-order valence-electron chi connectivity index (χ0n) is 11.5. The second-order valence-corrected chi connectivity index (χ2v) is 6.26. The number of thiazole rings is 1. The Kier molecular flexibility index (Phi) is 3.54. The molecule has 20 heavy (non-hydrogen) atoms. The average Bonchev–Trinajstić information content (AvgIpc) is 3.04. The van der Waals surface area contributed by atoms with Crippen LogP contribution in [0.1, 0.15) is 36.6 Å². The standard InChI is InChI=1S/C15H17N3OS/c1-10(2)18-9-11(8-16-18)13(19)7-15-17-12-5-3-4-6-14(12)20-15/h3-6,8-10,13,19H,7H2,1-2H3. The maximum absolute atomic E-state index is 10.3. The first kappa shape index (κ1) is 13.3. The van der Waals surface area contributed by atoms with Crippen LogP contribution < -0.4 is 0 Å². The molecular weight excluding hydrogens is 270 g/mol. The van der Waals surface area contributed by atoms with E-state index in [1.165, 1.54) is 0 Å². The topological polar surface area (TPSA) is 50.9 Å². The summed E-state index contributed by atoms with van der Waals surface area (Å²) in [5.74, 6) is 0. The minimum Gasteiger partial charge on any atom is -0.388 e. The molecule has 0 radical (unpaired) electrons. The summed E-state index contributed by atoms with van der Waals surface area (Å²) in [6, 6.07) is 8.35. The Labute approximate surface area is 121 Å². The molecule has 0 aliphatic rings. The average molecular weight is 287 g/mol. The molecule has 4 nitrogen and oxygen atoms in total. The Morgan fingerprint density at radius 2 is 2.10 bits per heavy atom. The zero-order chi connectivity index (χ0) is 14.1. The van der Waals surface area contributed by atoms with Crippen LogP contribution in [0.15, 0.2) is 36.7 Å². The van der Waals surface area contributed by atoms with Gasteiger partial charge in [-0.1, -0.05) is 12.1 Å². The van der Waals surface area contributed by atoms with Gasteiger partial charge in [-0.3, -0.25) is 4.68 Å². The van der Waals surface area contributed by atoms with E-state index in [0.29, 0.717) is 12.5 Å². The monoisotopic (exact) mass is 287 g/mol. The van der Waals surface area contributed by atoms with Crippen molar-refractivity contribution in [2.45, 2.75) is 32.4 Å². The molecular formula is C15H17N3OS. The second kappa shape index (κ2) is 5.34. The van der Waals surface area contributed by atoms with Gasteiger partial charge in [-0.05, 0) is 26.0 Å². The molecule has 2 aromatic heterocycles. The van der Waals surface area contributed by atoms with E-state index in [-0.39, 0.29) is 0 Å². The molecule has 1 atom stereocenters. The van der Waals surface area contributed by atoms with Gasteiger partial charge >= 0.3 is 0 Å². The van der Waals surface area contributed by atoms with Gasteiger partial charge in [-0.2, -0.15) is 5.10 Å². The smallest absolute Gasteiger partial charge is 0.0967 e. The maximum Gasteiger partial charge on any atom is 0.0967 e. The van der Waals surface area contributed by atoms with Crippen molar-refractivity contribution >= 4 is 21.6 Å². The molecule has 0 fully saturated rings. The van der Waals surface area contributed by atoms with E-state index in [2.05, 4.69) is 30.0 Å². The van der Waals surface area contributed by atoms with Crippen LogP contribution in [-0.4, -0.2) is 19.9 Å². The number of fused-ring (bicyclic) bond motifs is 1. The summed E-state index contributed by atoms with van der Waals surface area (Å²) < 4.78 is 3.02. The van der Waals surface area contributed by atoms with Crippen molar-refractivity contribution in [2.24, 2.45) is 0 Å². The molecule has 1 aromatic carbocycles. The van der Waals surface area contributed by atoms with Crippen LogP contribution in [0.2, 0.25) is 0 Å². The predicted molar refractivity (Wildman–Crippen MR) is 80.9 cm³/mol. The van der Waals surface area contributed by atoms with E-state index >= 15 is 0 Å². The molecule has 0 amide bonds. The number of aromatic nitrogens is 3. The highest BCUT2D eigenvalue weighted by Gasteiger charge is 2.14. The molecule has 1 unspecified atom stereocenters. The lowest BCUT2D eigenvalue weighted by Crippen LogP contribution is -2.02. The molecule has 0 bridgehead atoms. The lowest BCUT2D eigenvalue weighted by atomic mass is 10.1. The third-order valence-electron chi connectivity index (χ3n) is 3.24. The number of hydrogen-bond acceptors (Lipinski definition) is 4. The van der Waals surface area contributed by atoms with E-state index in [1.807, 2.05) is 29.1 Å². The van der Waals surface area contributed by atoms with Crippen molar-refractivity contribution in [2.75, 3.05) is 0 Å². The molecule has 3 aromatic rings. The summed E-state index contributed by atoms with van der Waals surface area (Å²) in [5.41, 5.74) is 1.84. The zero-order valence-corrected chi connectivity index (χ0v) is 12.3. The highest BCUT2D eigenvalue weighted by atomic mass is 32.1. The van der Waals surface area contributed by atoms with Gasteiger partial charge in [0.2, 0.25) is 0 Å². The fourth-order valence-electron chi connectivity index (χ4n) is 2.10. The van der Waals surface area contributed by atoms with Crippen molar-refractivity contribution in [1.82, 2.24) is 14.8 Å². The quantitative estimate of drug-likeness (QED) is 0.800. The Bertz CT molecular complexity index is 684. The fraction of sp³-hybridized carbons (Fsp3) is 0.333. The molecule has 2 heterocycles. The van der Waals surface area contributed by atoms with Crippen molar-refractivity contribution in [3.8, 4) is 0 Å². The summed E-state index contributed by atoms with van der Waals surface area (Å²) in [6.07, 6.45) is 3.62. The van der Waals surface area contributed by atoms with Gasteiger partial charge in [0.05, 0.1) is 27.5 Å². The summed E-state index contributed by atoms with van der Waals surface area (Å²) in [5, 5.41) is 15.5. The number of benzene rings is 1. The van der Waals surface area contributed by atoms with E-state index in [4.69, 9.17) is 0 Å². The largest absolute Gasteiger partial charge is 0.388 e. The highest BCUT2D eigenvalue weighted by molar-refractivity contribution is 7.18. The second-order valence-electron chi connectivity index (χ2n) is 5.14. The van der Waals surface area contributed by atoms with E-state index < -0.39 is 6.10 Å². The third kappa shape index (κ3) is 2.59. The van der Waals surface area contributed by atoms with Crippen LogP contribution in [0.3, 0.4) is 0 Å². The van der Waals surface area contributed by atoms with Crippen molar-refractivity contribution in [3.63, 3.8) is 0 Å². The fourth-order valence-corrected chi connectivity index (χ4v) is 3.10. The Hall–Kier alpha value is -1.72. The molecule has 3 rings (SSSR count). The predicted octanol–water partition coefficient (Wildman–Crippen LogP) is 3.35. The maximum atomic E-state index is 10.3. The van der Waals surface area contributed by atoms with Crippen molar-refractivity contribution < 1.29 is 5.11 Å². The van der Waals surface area contributed by atoms with Gasteiger partial charge in [-0.25, -0.2) is 4.98 Å². The lowest BCUT2D eigenvalue weighted by Gasteiger charge is -2.06. The number of rotatable bonds is 4. The number of aliphatic hydroxyl groups excluding tert-OH is 1. The van der Waals surface area contributed by atoms with Gasteiger partial charge in [0.1, 0.15) is 0 Å². The summed E-state index contributed by atoms with van der Waals surface area (Å²) in [7, 11) is 0. The van der Waals surface area contributed by atoms with Crippen molar-refractivity contribution in [1.29, 1.82) is 0 Å². The number of aliphatic hydroxyl groups is 1. The van der Waals surface area contributed by atoms with E-state index in [1.54, 1.807) is 17.5 Å². The summed E-state index contributed by atoms with van der Waals surface area (Å²) in [4.78, 5) is 4.55. The molecule has 0 saturated carbocycles. The first-order chi connectivity index (χ1) is 9.63. The van der Waals surface area contributed by atoms with Crippen LogP contribution in [0, 0.1) is 0 Å². The minimum atomic E-state index is -0.553. The summed E-state index contributed by atoms with van der Waals surface area (Å²) in [6.45, 7) is 4.13. The molecule has 5 heteroatoms.